The number of rotatable bonds is 7. The van der Waals surface area contributed by atoms with Gasteiger partial charge in [0.15, 0.2) is 5.78 Å². The van der Waals surface area contributed by atoms with Crippen LogP contribution in [-0.4, -0.2) is 5.78 Å². The highest BCUT2D eigenvalue weighted by Gasteiger charge is 2.44. The fourth-order valence-electron chi connectivity index (χ4n) is 6.18. The molecule has 1 aromatic carbocycles. The molecule has 2 aliphatic carbocycles. The summed E-state index contributed by atoms with van der Waals surface area (Å²) in [5.41, 5.74) is 9.04. The highest BCUT2D eigenvalue weighted by atomic mass is 16.1. The number of carbonyl (C=O) groups excluding carboxylic acids is 1. The van der Waals surface area contributed by atoms with Crippen molar-refractivity contribution >= 4 is 5.78 Å². The molecule has 0 radical (unpaired) electrons. The standard InChI is InChI=1S/C26H41NO/c1-4-5-9-22-14-18(2)15-24(21-10-7-6-8-11-21)25(22)26(28)23-16-20(17-27)13-12-19(23)3/h12-13,16,18,21-22,24-25H,4-11,14-15,17,27H2,1-3H3. The molecule has 28 heavy (non-hydrogen) atoms. The maximum Gasteiger partial charge on any atom is 0.166 e. The molecule has 0 aliphatic heterocycles. The van der Waals surface area contributed by atoms with Gasteiger partial charge < -0.3 is 5.73 Å². The van der Waals surface area contributed by atoms with Crippen molar-refractivity contribution in [1.29, 1.82) is 0 Å². The quantitative estimate of drug-likeness (QED) is 0.533. The highest BCUT2D eigenvalue weighted by Crippen LogP contribution is 2.48. The molecule has 0 bridgehead atoms. The van der Waals surface area contributed by atoms with E-state index in [0.29, 0.717) is 24.2 Å². The number of unbranched alkanes of at least 4 members (excludes halogenated alkanes) is 1. The summed E-state index contributed by atoms with van der Waals surface area (Å²) in [5, 5.41) is 0. The summed E-state index contributed by atoms with van der Waals surface area (Å²) >= 11 is 0. The Labute approximate surface area is 172 Å². The molecule has 2 nitrogen and oxygen atoms in total. The van der Waals surface area contributed by atoms with Crippen molar-refractivity contribution in [1.82, 2.24) is 0 Å². The van der Waals surface area contributed by atoms with E-state index in [4.69, 9.17) is 5.73 Å². The van der Waals surface area contributed by atoms with Gasteiger partial charge in [0, 0.05) is 18.0 Å². The summed E-state index contributed by atoms with van der Waals surface area (Å²) in [4.78, 5) is 14.0. The van der Waals surface area contributed by atoms with Gasteiger partial charge in [0.2, 0.25) is 0 Å². The second-order valence-corrected chi connectivity index (χ2v) is 9.78. The maximum atomic E-state index is 14.0. The lowest BCUT2D eigenvalue weighted by Crippen LogP contribution is -2.41. The minimum atomic E-state index is 0.220. The van der Waals surface area contributed by atoms with Gasteiger partial charge in [0.1, 0.15) is 0 Å². The van der Waals surface area contributed by atoms with E-state index in [0.717, 1.165) is 28.5 Å². The first-order valence-corrected chi connectivity index (χ1v) is 11.9. The van der Waals surface area contributed by atoms with Crippen LogP contribution in [0.25, 0.3) is 0 Å². The summed E-state index contributed by atoms with van der Waals surface area (Å²) in [6.45, 7) is 7.30. The van der Waals surface area contributed by atoms with Crippen molar-refractivity contribution in [2.75, 3.05) is 0 Å². The van der Waals surface area contributed by atoms with Crippen LogP contribution in [0, 0.1) is 36.5 Å². The van der Waals surface area contributed by atoms with Crippen molar-refractivity contribution in [3.63, 3.8) is 0 Å². The largest absolute Gasteiger partial charge is 0.326 e. The smallest absolute Gasteiger partial charge is 0.166 e. The van der Waals surface area contributed by atoms with Crippen molar-refractivity contribution < 1.29 is 4.79 Å². The minimum Gasteiger partial charge on any atom is -0.326 e. The van der Waals surface area contributed by atoms with Gasteiger partial charge in [-0.15, -0.1) is 0 Å². The lowest BCUT2D eigenvalue weighted by Gasteiger charge is -2.45. The predicted octanol–water partition coefficient (Wildman–Crippen LogP) is 6.69. The molecular formula is C26H41NO. The third-order valence-corrected chi connectivity index (χ3v) is 7.64. The topological polar surface area (TPSA) is 43.1 Å². The Morgan fingerprint density at radius 1 is 1.14 bits per heavy atom. The normalized spacial score (nSPS) is 29.0. The molecule has 3 rings (SSSR count). The second-order valence-electron chi connectivity index (χ2n) is 9.78. The van der Waals surface area contributed by atoms with Gasteiger partial charge in [0.25, 0.3) is 0 Å². The molecule has 1 aromatic rings. The second kappa shape index (κ2) is 10.1. The Morgan fingerprint density at radius 2 is 1.89 bits per heavy atom. The zero-order chi connectivity index (χ0) is 20.1. The van der Waals surface area contributed by atoms with E-state index in [1.807, 2.05) is 0 Å². The van der Waals surface area contributed by atoms with Gasteiger partial charge in [-0.3, -0.25) is 4.79 Å². The van der Waals surface area contributed by atoms with E-state index in [1.165, 1.54) is 64.2 Å². The first-order valence-electron chi connectivity index (χ1n) is 11.9. The zero-order valence-electron chi connectivity index (χ0n) is 18.4. The molecule has 156 valence electrons. The van der Waals surface area contributed by atoms with Crippen LogP contribution in [0.15, 0.2) is 18.2 Å². The number of hydrogen-bond donors (Lipinski definition) is 1. The SMILES string of the molecule is CCCCC1CC(C)CC(C2CCCCC2)C1C(=O)c1cc(CN)ccc1C. The maximum absolute atomic E-state index is 14.0. The average molecular weight is 384 g/mol. The Morgan fingerprint density at radius 3 is 2.57 bits per heavy atom. The van der Waals surface area contributed by atoms with Crippen molar-refractivity contribution in [3.8, 4) is 0 Å². The van der Waals surface area contributed by atoms with Gasteiger partial charge in [-0.05, 0) is 67.1 Å². The molecule has 0 aromatic heterocycles. The minimum absolute atomic E-state index is 0.220. The molecule has 2 aliphatic rings. The van der Waals surface area contributed by atoms with E-state index in [-0.39, 0.29) is 5.92 Å². The summed E-state index contributed by atoms with van der Waals surface area (Å²) in [6, 6.07) is 6.25. The van der Waals surface area contributed by atoms with Crippen molar-refractivity contribution in [2.45, 2.75) is 91.5 Å². The summed E-state index contributed by atoms with van der Waals surface area (Å²) < 4.78 is 0. The van der Waals surface area contributed by atoms with Crippen LogP contribution in [0.2, 0.25) is 0 Å². The van der Waals surface area contributed by atoms with E-state index in [9.17, 15) is 4.79 Å². The Bertz CT molecular complexity index is 646. The molecule has 4 unspecified atom stereocenters. The molecule has 2 saturated carbocycles. The number of benzene rings is 1. The van der Waals surface area contributed by atoms with Crippen LogP contribution >= 0.6 is 0 Å². The Kier molecular flexibility index (Phi) is 7.74. The van der Waals surface area contributed by atoms with Crippen LogP contribution in [0.3, 0.4) is 0 Å². The Hall–Kier alpha value is -1.15. The molecule has 0 saturated heterocycles. The number of carbonyl (C=O) groups is 1. The molecule has 0 heterocycles. The van der Waals surface area contributed by atoms with Gasteiger partial charge in [-0.25, -0.2) is 0 Å². The molecular weight excluding hydrogens is 342 g/mol. The van der Waals surface area contributed by atoms with Gasteiger partial charge in [0.05, 0.1) is 0 Å². The highest BCUT2D eigenvalue weighted by molar-refractivity contribution is 5.99. The van der Waals surface area contributed by atoms with Crippen molar-refractivity contribution in [3.05, 3.63) is 34.9 Å². The third kappa shape index (κ3) is 4.87. The zero-order valence-corrected chi connectivity index (χ0v) is 18.4. The van der Waals surface area contributed by atoms with Crippen LogP contribution in [-0.2, 0) is 6.54 Å². The molecule has 2 heteroatoms. The summed E-state index contributed by atoms with van der Waals surface area (Å²) in [5.74, 6) is 3.30. The number of nitrogens with two attached hydrogens (primary N) is 1. The van der Waals surface area contributed by atoms with Gasteiger partial charge >= 0.3 is 0 Å². The molecule has 2 fully saturated rings. The monoisotopic (exact) mass is 383 g/mol. The number of aryl methyl sites for hydroxylation is 1. The van der Waals surface area contributed by atoms with Crippen LogP contribution in [0.5, 0.6) is 0 Å². The van der Waals surface area contributed by atoms with E-state index >= 15 is 0 Å². The average Bonchev–Trinajstić information content (AvgIpc) is 2.72. The van der Waals surface area contributed by atoms with Crippen LogP contribution < -0.4 is 5.73 Å². The number of Topliss-reactive ketones (excluding diaryl/α,β-unsaturated/α-hetero) is 1. The lowest BCUT2D eigenvalue weighted by molar-refractivity contribution is 0.0385. The Balaban J connectivity index is 1.94. The summed E-state index contributed by atoms with van der Waals surface area (Å²) in [7, 11) is 0. The number of ketones is 1. The van der Waals surface area contributed by atoms with E-state index < -0.39 is 0 Å². The first kappa shape index (κ1) is 21.6. The van der Waals surface area contributed by atoms with Crippen LogP contribution in [0.1, 0.15) is 99.5 Å². The van der Waals surface area contributed by atoms with E-state index in [2.05, 4.69) is 39.0 Å². The van der Waals surface area contributed by atoms with Gasteiger partial charge in [-0.2, -0.15) is 0 Å². The molecule has 0 amide bonds. The van der Waals surface area contributed by atoms with Crippen molar-refractivity contribution in [2.24, 2.45) is 35.3 Å². The van der Waals surface area contributed by atoms with Crippen LogP contribution in [0.4, 0.5) is 0 Å². The van der Waals surface area contributed by atoms with Gasteiger partial charge in [-0.1, -0.05) is 70.9 Å². The fourth-order valence-corrected chi connectivity index (χ4v) is 6.18. The van der Waals surface area contributed by atoms with E-state index in [1.54, 1.807) is 0 Å². The fraction of sp³-hybridized carbons (Fsp3) is 0.731. The predicted molar refractivity (Wildman–Crippen MR) is 118 cm³/mol. The first-order chi connectivity index (χ1) is 13.5. The lowest BCUT2D eigenvalue weighted by atomic mass is 9.59. The third-order valence-electron chi connectivity index (χ3n) is 7.64. The molecule has 2 N–H and O–H groups in total. The molecule has 4 atom stereocenters. The summed E-state index contributed by atoms with van der Waals surface area (Å²) in [6.07, 6.45) is 12.9. The molecule has 0 spiro atoms. The number of hydrogen-bond acceptors (Lipinski definition) is 2.